The van der Waals surface area contributed by atoms with Gasteiger partial charge < -0.3 is 4.74 Å². The molecule has 0 saturated heterocycles. The summed E-state index contributed by atoms with van der Waals surface area (Å²) in [5.41, 5.74) is 1.84. The van der Waals surface area contributed by atoms with Crippen LogP contribution in [0, 0.1) is 13.8 Å². The highest BCUT2D eigenvalue weighted by atomic mass is 32.1. The van der Waals surface area contributed by atoms with E-state index in [0.29, 0.717) is 12.2 Å². The molecule has 0 N–H and O–H groups in total. The zero-order chi connectivity index (χ0) is 14.0. The average Bonchev–Trinajstić information content (AvgIpc) is 2.92. The van der Waals surface area contributed by atoms with Gasteiger partial charge in [-0.3, -0.25) is 0 Å². The fourth-order valence-electron chi connectivity index (χ4n) is 1.89. The van der Waals surface area contributed by atoms with E-state index in [1.54, 1.807) is 4.68 Å². The normalized spacial score (nSPS) is 10.7. The number of hydrogen-bond acceptors (Lipinski definition) is 6. The van der Waals surface area contributed by atoms with E-state index in [-0.39, 0.29) is 5.69 Å². The van der Waals surface area contributed by atoms with Crippen molar-refractivity contribution < 1.29 is 9.53 Å². The molecule has 0 fully saturated rings. The third-order valence-electron chi connectivity index (χ3n) is 2.67. The lowest BCUT2D eigenvalue weighted by Gasteiger charge is -2.05. The standard InChI is InChI=1S/C12H16N4O2S/c1-5-6-16-10(9(14-15-16)12(17)18-4)11-7(2)13-8(3)19-11/h5-6H2,1-4H3. The van der Waals surface area contributed by atoms with Crippen LogP contribution in [0.2, 0.25) is 0 Å². The number of ether oxygens (including phenoxy) is 1. The molecule has 102 valence electrons. The minimum atomic E-state index is -0.470. The number of nitrogens with zero attached hydrogens (tertiary/aromatic N) is 4. The summed E-state index contributed by atoms with van der Waals surface area (Å²) in [5.74, 6) is -0.470. The molecule has 0 aliphatic carbocycles. The van der Waals surface area contributed by atoms with Crippen molar-refractivity contribution in [2.75, 3.05) is 7.11 Å². The number of thiazole rings is 1. The Balaban J connectivity index is 2.60. The number of methoxy groups -OCH3 is 1. The van der Waals surface area contributed by atoms with Crippen LogP contribution in [0.5, 0.6) is 0 Å². The monoisotopic (exact) mass is 280 g/mol. The van der Waals surface area contributed by atoms with E-state index in [1.165, 1.54) is 18.4 Å². The second-order valence-corrected chi connectivity index (χ2v) is 5.35. The summed E-state index contributed by atoms with van der Waals surface area (Å²) in [7, 11) is 1.34. The zero-order valence-electron chi connectivity index (χ0n) is 11.4. The van der Waals surface area contributed by atoms with Crippen molar-refractivity contribution in [2.24, 2.45) is 0 Å². The maximum Gasteiger partial charge on any atom is 0.360 e. The number of aromatic nitrogens is 4. The Morgan fingerprint density at radius 3 is 2.68 bits per heavy atom. The van der Waals surface area contributed by atoms with Gasteiger partial charge in [-0.15, -0.1) is 16.4 Å². The van der Waals surface area contributed by atoms with Gasteiger partial charge in [0.2, 0.25) is 0 Å². The molecular weight excluding hydrogens is 264 g/mol. The Kier molecular flexibility index (Phi) is 3.94. The van der Waals surface area contributed by atoms with Crippen LogP contribution in [0.1, 0.15) is 34.5 Å². The first-order chi connectivity index (χ1) is 9.08. The van der Waals surface area contributed by atoms with Crippen molar-refractivity contribution >= 4 is 17.3 Å². The number of rotatable bonds is 4. The van der Waals surface area contributed by atoms with Crippen LogP contribution in [-0.2, 0) is 11.3 Å². The maximum atomic E-state index is 11.8. The van der Waals surface area contributed by atoms with E-state index in [4.69, 9.17) is 4.74 Å². The summed E-state index contributed by atoms with van der Waals surface area (Å²) < 4.78 is 6.51. The summed E-state index contributed by atoms with van der Waals surface area (Å²) in [6.45, 7) is 6.61. The number of carbonyl (C=O) groups excluding carboxylic acids is 1. The summed E-state index contributed by atoms with van der Waals surface area (Å²) in [6.07, 6.45) is 0.911. The Labute approximate surface area is 115 Å². The molecule has 0 aromatic carbocycles. The molecule has 2 aromatic heterocycles. The number of aryl methyl sites for hydroxylation is 3. The Morgan fingerprint density at radius 2 is 2.16 bits per heavy atom. The van der Waals surface area contributed by atoms with Gasteiger partial charge in [0.05, 0.1) is 22.7 Å². The van der Waals surface area contributed by atoms with Crippen LogP contribution in [0.3, 0.4) is 0 Å². The van der Waals surface area contributed by atoms with Gasteiger partial charge in [-0.25, -0.2) is 14.5 Å². The van der Waals surface area contributed by atoms with E-state index in [0.717, 1.165) is 22.0 Å². The molecular formula is C12H16N4O2S. The smallest absolute Gasteiger partial charge is 0.360 e. The van der Waals surface area contributed by atoms with Gasteiger partial charge in [0, 0.05) is 6.54 Å². The lowest BCUT2D eigenvalue weighted by Crippen LogP contribution is -2.06. The zero-order valence-corrected chi connectivity index (χ0v) is 12.2. The lowest BCUT2D eigenvalue weighted by atomic mass is 10.2. The summed E-state index contributed by atoms with van der Waals surface area (Å²) in [5, 5.41) is 8.95. The van der Waals surface area contributed by atoms with Gasteiger partial charge >= 0.3 is 5.97 Å². The SMILES string of the molecule is CCCn1nnc(C(=O)OC)c1-c1sc(C)nc1C. The highest BCUT2D eigenvalue weighted by Crippen LogP contribution is 2.31. The Hall–Kier alpha value is -1.76. The highest BCUT2D eigenvalue weighted by Gasteiger charge is 2.24. The molecule has 2 aromatic rings. The van der Waals surface area contributed by atoms with Crippen molar-refractivity contribution in [2.45, 2.75) is 33.7 Å². The fourth-order valence-corrected chi connectivity index (χ4v) is 2.86. The number of hydrogen-bond donors (Lipinski definition) is 0. The van der Waals surface area contributed by atoms with Crippen LogP contribution >= 0.6 is 11.3 Å². The van der Waals surface area contributed by atoms with E-state index >= 15 is 0 Å². The molecule has 0 aliphatic heterocycles. The maximum absolute atomic E-state index is 11.8. The van der Waals surface area contributed by atoms with E-state index in [2.05, 4.69) is 15.3 Å². The third-order valence-corrected chi connectivity index (χ3v) is 3.75. The Morgan fingerprint density at radius 1 is 1.42 bits per heavy atom. The van der Waals surface area contributed by atoms with Crippen LogP contribution < -0.4 is 0 Å². The summed E-state index contributed by atoms with van der Waals surface area (Å²) in [4.78, 5) is 17.1. The fraction of sp³-hybridized carbons (Fsp3) is 0.500. The predicted molar refractivity (Wildman–Crippen MR) is 72.2 cm³/mol. The first kappa shape index (κ1) is 13.7. The second-order valence-electron chi connectivity index (χ2n) is 4.15. The lowest BCUT2D eigenvalue weighted by molar-refractivity contribution is 0.0595. The topological polar surface area (TPSA) is 69.9 Å². The van der Waals surface area contributed by atoms with Gasteiger partial charge in [0.25, 0.3) is 0 Å². The van der Waals surface area contributed by atoms with Crippen molar-refractivity contribution in [1.82, 2.24) is 20.0 Å². The molecule has 0 spiro atoms. The van der Waals surface area contributed by atoms with E-state index < -0.39 is 5.97 Å². The minimum Gasteiger partial charge on any atom is -0.464 e. The van der Waals surface area contributed by atoms with Gasteiger partial charge in [0.15, 0.2) is 5.69 Å². The molecule has 0 radical (unpaired) electrons. The highest BCUT2D eigenvalue weighted by molar-refractivity contribution is 7.15. The molecule has 0 bridgehead atoms. The van der Waals surface area contributed by atoms with Crippen molar-refractivity contribution in [3.05, 3.63) is 16.4 Å². The first-order valence-electron chi connectivity index (χ1n) is 6.04. The number of carbonyl (C=O) groups is 1. The van der Waals surface area contributed by atoms with Crippen LogP contribution in [0.25, 0.3) is 10.6 Å². The van der Waals surface area contributed by atoms with Crippen LogP contribution in [0.4, 0.5) is 0 Å². The second kappa shape index (κ2) is 5.48. The third kappa shape index (κ3) is 2.51. The molecule has 7 heteroatoms. The van der Waals surface area contributed by atoms with Gasteiger partial charge in [-0.05, 0) is 20.3 Å². The number of esters is 1. The van der Waals surface area contributed by atoms with E-state index in [9.17, 15) is 4.79 Å². The first-order valence-corrected chi connectivity index (χ1v) is 6.86. The van der Waals surface area contributed by atoms with Crippen molar-refractivity contribution in [3.8, 4) is 10.6 Å². The predicted octanol–water partition coefficient (Wildman–Crippen LogP) is 2.22. The van der Waals surface area contributed by atoms with Crippen molar-refractivity contribution in [1.29, 1.82) is 0 Å². The van der Waals surface area contributed by atoms with Gasteiger partial charge in [0.1, 0.15) is 5.69 Å². The molecule has 2 heterocycles. The van der Waals surface area contributed by atoms with Crippen LogP contribution in [-0.4, -0.2) is 33.1 Å². The largest absolute Gasteiger partial charge is 0.464 e. The summed E-state index contributed by atoms with van der Waals surface area (Å²) >= 11 is 1.53. The van der Waals surface area contributed by atoms with Crippen LogP contribution in [0.15, 0.2) is 0 Å². The minimum absolute atomic E-state index is 0.253. The average molecular weight is 280 g/mol. The summed E-state index contributed by atoms with van der Waals surface area (Å²) in [6, 6.07) is 0. The quantitative estimate of drug-likeness (QED) is 0.803. The van der Waals surface area contributed by atoms with Gasteiger partial charge in [-0.1, -0.05) is 12.1 Å². The molecule has 6 nitrogen and oxygen atoms in total. The molecule has 0 unspecified atom stereocenters. The molecule has 0 aliphatic rings. The van der Waals surface area contributed by atoms with Crippen molar-refractivity contribution in [3.63, 3.8) is 0 Å². The van der Waals surface area contributed by atoms with E-state index in [1.807, 2.05) is 20.8 Å². The molecule has 0 saturated carbocycles. The molecule has 0 atom stereocenters. The van der Waals surface area contributed by atoms with Gasteiger partial charge in [-0.2, -0.15) is 0 Å². The molecule has 19 heavy (non-hydrogen) atoms. The molecule has 0 amide bonds. The Bertz CT molecular complexity index is 603. The molecule has 2 rings (SSSR count).